The van der Waals surface area contributed by atoms with E-state index < -0.39 is 10.0 Å². The van der Waals surface area contributed by atoms with E-state index in [9.17, 15) is 8.42 Å². The first-order valence-corrected chi connectivity index (χ1v) is 8.10. The molecule has 1 fully saturated rings. The zero-order valence-corrected chi connectivity index (χ0v) is 11.8. The van der Waals surface area contributed by atoms with E-state index in [4.69, 9.17) is 0 Å². The van der Waals surface area contributed by atoms with Gasteiger partial charge in [-0.15, -0.1) is 0 Å². The Balaban J connectivity index is 2.01. The minimum atomic E-state index is -3.04. The maximum absolute atomic E-state index is 11.9. The van der Waals surface area contributed by atoms with Crippen LogP contribution in [-0.4, -0.2) is 41.8 Å². The number of hydrogen-bond donors (Lipinski definition) is 1. The van der Waals surface area contributed by atoms with Crippen LogP contribution < -0.4 is 0 Å². The van der Waals surface area contributed by atoms with Gasteiger partial charge in [0.15, 0.2) is 0 Å². The third-order valence-electron chi connectivity index (χ3n) is 3.67. The first-order valence-electron chi connectivity index (χ1n) is 6.49. The quantitative estimate of drug-likeness (QED) is 0.898. The van der Waals surface area contributed by atoms with Crippen molar-refractivity contribution in [2.75, 3.05) is 18.8 Å². The molecule has 1 aromatic rings. The molecule has 0 aliphatic carbocycles. The lowest BCUT2D eigenvalue weighted by atomic mass is 9.94. The first kappa shape index (κ1) is 13.5. The van der Waals surface area contributed by atoms with E-state index in [1.165, 1.54) is 0 Å². The smallest absolute Gasteiger partial charge is 0.213 e. The zero-order chi connectivity index (χ0) is 13.2. The fraction of sp³-hybridized carbons (Fsp3) is 0.750. The van der Waals surface area contributed by atoms with E-state index in [1.54, 1.807) is 11.2 Å². The molecule has 1 N–H and O–H groups in total. The third kappa shape index (κ3) is 2.92. The molecule has 1 aliphatic heterocycles. The van der Waals surface area contributed by atoms with Crippen molar-refractivity contribution >= 4 is 10.0 Å². The summed E-state index contributed by atoms with van der Waals surface area (Å²) in [5.41, 5.74) is 2.29. The number of aromatic amines is 1. The molecule has 0 saturated carbocycles. The highest BCUT2D eigenvalue weighted by Gasteiger charge is 2.28. The van der Waals surface area contributed by atoms with Crippen LogP contribution in [-0.2, 0) is 16.4 Å². The molecular weight excluding hydrogens is 250 g/mol. The second-order valence-electron chi connectivity index (χ2n) is 5.00. The summed E-state index contributed by atoms with van der Waals surface area (Å²) >= 11 is 0. The molecule has 1 aromatic heterocycles. The summed E-state index contributed by atoms with van der Waals surface area (Å²) in [5, 5.41) is 7.02. The fourth-order valence-electron chi connectivity index (χ4n) is 2.50. The highest BCUT2D eigenvalue weighted by molar-refractivity contribution is 7.89. The summed E-state index contributed by atoms with van der Waals surface area (Å²) < 4.78 is 25.4. The van der Waals surface area contributed by atoms with Crippen LogP contribution in [0.2, 0.25) is 0 Å². The number of H-pyrrole nitrogens is 1. The molecule has 2 heterocycles. The van der Waals surface area contributed by atoms with Crippen LogP contribution in [0.5, 0.6) is 0 Å². The van der Waals surface area contributed by atoms with E-state index in [1.807, 2.05) is 13.1 Å². The van der Waals surface area contributed by atoms with Gasteiger partial charge in [0.1, 0.15) is 0 Å². The lowest BCUT2D eigenvalue weighted by Gasteiger charge is -2.31. The molecule has 0 spiro atoms. The summed E-state index contributed by atoms with van der Waals surface area (Å²) in [4.78, 5) is 0. The Morgan fingerprint density at radius 1 is 1.56 bits per heavy atom. The van der Waals surface area contributed by atoms with Crippen LogP contribution in [0.1, 0.15) is 31.0 Å². The Morgan fingerprint density at radius 2 is 2.33 bits per heavy atom. The standard InChI is InChI=1S/C12H21N3O2S/c1-3-18(16,17)15-6-4-5-11(9-15)7-12-10(2)8-13-14-12/h8,11H,3-7,9H2,1-2H3,(H,13,14)/t11-/m0/s1. The van der Waals surface area contributed by atoms with E-state index in [-0.39, 0.29) is 5.75 Å². The normalized spacial score (nSPS) is 22.2. The molecule has 0 radical (unpaired) electrons. The Hall–Kier alpha value is -0.880. The second-order valence-corrected chi connectivity index (χ2v) is 7.26. The SMILES string of the molecule is CCS(=O)(=O)N1CCC[C@@H](Cc2[nH]ncc2C)C1. The average molecular weight is 271 g/mol. The summed E-state index contributed by atoms with van der Waals surface area (Å²) in [6.45, 7) is 5.06. The van der Waals surface area contributed by atoms with Crippen LogP contribution in [0, 0.1) is 12.8 Å². The van der Waals surface area contributed by atoms with Crippen molar-refractivity contribution in [2.45, 2.75) is 33.1 Å². The zero-order valence-electron chi connectivity index (χ0n) is 11.0. The lowest BCUT2D eigenvalue weighted by Crippen LogP contribution is -2.41. The van der Waals surface area contributed by atoms with Crippen molar-refractivity contribution in [3.63, 3.8) is 0 Å². The molecule has 0 bridgehead atoms. The number of hydrogen-bond acceptors (Lipinski definition) is 3. The predicted molar refractivity (Wildman–Crippen MR) is 70.8 cm³/mol. The Kier molecular flexibility index (Phi) is 4.07. The number of nitrogens with one attached hydrogen (secondary N) is 1. The van der Waals surface area contributed by atoms with Gasteiger partial charge >= 0.3 is 0 Å². The fourth-order valence-corrected chi connectivity index (χ4v) is 3.71. The molecule has 18 heavy (non-hydrogen) atoms. The molecule has 2 rings (SSSR count). The van der Waals surface area contributed by atoms with Crippen molar-refractivity contribution in [1.82, 2.24) is 14.5 Å². The van der Waals surface area contributed by atoms with E-state index in [2.05, 4.69) is 10.2 Å². The van der Waals surface area contributed by atoms with Crippen LogP contribution >= 0.6 is 0 Å². The van der Waals surface area contributed by atoms with Crippen molar-refractivity contribution in [1.29, 1.82) is 0 Å². The van der Waals surface area contributed by atoms with Crippen molar-refractivity contribution < 1.29 is 8.42 Å². The Bertz CT molecular complexity index is 495. The van der Waals surface area contributed by atoms with Crippen molar-refractivity contribution in [2.24, 2.45) is 5.92 Å². The van der Waals surface area contributed by atoms with Gasteiger partial charge in [0.2, 0.25) is 10.0 Å². The highest BCUT2D eigenvalue weighted by atomic mass is 32.2. The number of sulfonamides is 1. The largest absolute Gasteiger partial charge is 0.282 e. The van der Waals surface area contributed by atoms with E-state index in [0.717, 1.165) is 30.5 Å². The van der Waals surface area contributed by atoms with Gasteiger partial charge in [0.25, 0.3) is 0 Å². The summed E-state index contributed by atoms with van der Waals surface area (Å²) in [7, 11) is -3.04. The molecule has 6 heteroatoms. The van der Waals surface area contributed by atoms with Crippen LogP contribution in [0.3, 0.4) is 0 Å². The maximum atomic E-state index is 11.9. The average Bonchev–Trinajstić information content (AvgIpc) is 2.75. The Morgan fingerprint density at radius 3 is 2.94 bits per heavy atom. The number of aryl methyl sites for hydroxylation is 1. The first-order chi connectivity index (χ1) is 8.53. The third-order valence-corrected chi connectivity index (χ3v) is 5.51. The summed E-state index contributed by atoms with van der Waals surface area (Å²) in [6, 6.07) is 0. The van der Waals surface area contributed by atoms with Gasteiger partial charge in [0, 0.05) is 18.8 Å². The van der Waals surface area contributed by atoms with Crippen molar-refractivity contribution in [3.05, 3.63) is 17.5 Å². The molecule has 0 aromatic carbocycles. The van der Waals surface area contributed by atoms with Gasteiger partial charge in [-0.1, -0.05) is 0 Å². The van der Waals surface area contributed by atoms with Gasteiger partial charge in [-0.3, -0.25) is 5.10 Å². The molecule has 102 valence electrons. The minimum Gasteiger partial charge on any atom is -0.282 e. The number of rotatable bonds is 4. The van der Waals surface area contributed by atoms with Gasteiger partial charge in [-0.2, -0.15) is 5.10 Å². The number of piperidine rings is 1. The number of aromatic nitrogens is 2. The van der Waals surface area contributed by atoms with Gasteiger partial charge in [-0.25, -0.2) is 12.7 Å². The molecule has 1 saturated heterocycles. The van der Waals surface area contributed by atoms with Gasteiger partial charge < -0.3 is 0 Å². The maximum Gasteiger partial charge on any atom is 0.213 e. The minimum absolute atomic E-state index is 0.197. The van der Waals surface area contributed by atoms with Crippen LogP contribution in [0.4, 0.5) is 0 Å². The molecule has 0 unspecified atom stereocenters. The lowest BCUT2D eigenvalue weighted by molar-refractivity contribution is 0.264. The van der Waals surface area contributed by atoms with Crippen LogP contribution in [0.25, 0.3) is 0 Å². The topological polar surface area (TPSA) is 66.1 Å². The molecule has 5 nitrogen and oxygen atoms in total. The predicted octanol–water partition coefficient (Wildman–Crippen LogP) is 1.32. The highest BCUT2D eigenvalue weighted by Crippen LogP contribution is 2.23. The van der Waals surface area contributed by atoms with Gasteiger partial charge in [0.05, 0.1) is 11.9 Å². The van der Waals surface area contributed by atoms with Crippen molar-refractivity contribution in [3.8, 4) is 0 Å². The van der Waals surface area contributed by atoms with E-state index >= 15 is 0 Å². The molecule has 0 amide bonds. The van der Waals surface area contributed by atoms with Crippen LogP contribution in [0.15, 0.2) is 6.20 Å². The molecule has 1 aliphatic rings. The number of nitrogens with zero attached hydrogens (tertiary/aromatic N) is 2. The second kappa shape index (κ2) is 5.40. The summed E-state index contributed by atoms with van der Waals surface area (Å²) in [5.74, 6) is 0.599. The van der Waals surface area contributed by atoms with Gasteiger partial charge in [-0.05, 0) is 44.6 Å². The molecular formula is C12H21N3O2S. The summed E-state index contributed by atoms with van der Waals surface area (Å²) in [6.07, 6.45) is 4.76. The van der Waals surface area contributed by atoms with E-state index in [0.29, 0.717) is 19.0 Å². The Labute approximate surface area is 109 Å². The molecule has 1 atom stereocenters. The monoisotopic (exact) mass is 271 g/mol.